The highest BCUT2D eigenvalue weighted by Crippen LogP contribution is 2.47. The Morgan fingerprint density at radius 1 is 0.818 bits per heavy atom. The van der Waals surface area contributed by atoms with Crippen LogP contribution < -0.4 is 5.48 Å². The molecule has 0 aliphatic carbocycles. The third-order valence-electron chi connectivity index (χ3n) is 6.28. The van der Waals surface area contributed by atoms with Gasteiger partial charge in [0.05, 0.1) is 39.9 Å². The van der Waals surface area contributed by atoms with E-state index in [0.717, 1.165) is 23.8 Å². The Morgan fingerprint density at radius 2 is 1.35 bits per heavy atom. The molecule has 25 heteroatoms. The number of azo groups is 3. The van der Waals surface area contributed by atoms with E-state index in [0.29, 0.717) is 12.1 Å². The summed E-state index contributed by atoms with van der Waals surface area (Å²) in [5, 5.41) is 61.9. The van der Waals surface area contributed by atoms with Gasteiger partial charge in [-0.15, -0.1) is 28.0 Å². The minimum absolute atomic E-state index is 0. The van der Waals surface area contributed by atoms with E-state index in [1.165, 1.54) is 30.3 Å². The minimum Gasteiger partial charge on any atom is -0.505 e. The lowest BCUT2D eigenvalue weighted by Gasteiger charge is -2.09. The number of benzene rings is 4. The first kappa shape index (κ1) is 44.6. The molecule has 4 aromatic rings. The van der Waals surface area contributed by atoms with Crippen molar-refractivity contribution in [2.24, 2.45) is 30.7 Å². The number of carbonyl (C=O) groups is 1. The van der Waals surface area contributed by atoms with Crippen molar-refractivity contribution in [3.05, 3.63) is 83.9 Å². The number of nitrogens with zero attached hydrogens (tertiary/aromatic N) is 6. The van der Waals surface area contributed by atoms with Crippen molar-refractivity contribution in [3.63, 3.8) is 0 Å². The first-order valence-corrected chi connectivity index (χ1v) is 18.3. The quantitative estimate of drug-likeness (QED) is 0.0244. The molecule has 0 amide bonds. The molecular formula is C30H30N8O14S3. The Hall–Kier alpha value is -6.54. The number of carboxylic acids is 1. The fraction of sp³-hybridized carbons (Fsp3) is 0.133. The number of aryl methyl sites for hydroxylation is 1. The van der Waals surface area contributed by atoms with E-state index in [9.17, 15) is 36.9 Å². The molecule has 0 saturated heterocycles. The van der Waals surface area contributed by atoms with E-state index >= 15 is 0 Å². The van der Waals surface area contributed by atoms with Crippen molar-refractivity contribution in [3.8, 4) is 11.5 Å². The Morgan fingerprint density at radius 3 is 1.91 bits per heavy atom. The van der Waals surface area contributed by atoms with Gasteiger partial charge in [0, 0.05) is 0 Å². The van der Waals surface area contributed by atoms with Crippen molar-refractivity contribution in [1.82, 2.24) is 0 Å². The molecule has 6 N–H and O–H groups in total. The lowest BCUT2D eigenvalue weighted by Crippen LogP contribution is -2.15. The van der Waals surface area contributed by atoms with Crippen LogP contribution in [0.1, 0.15) is 23.3 Å². The molecule has 292 valence electrons. The van der Waals surface area contributed by atoms with Crippen LogP contribution in [0.15, 0.2) is 108 Å². The first-order valence-electron chi connectivity index (χ1n) is 14.3. The molecule has 0 saturated carbocycles. The van der Waals surface area contributed by atoms with E-state index in [4.69, 9.17) is 27.4 Å². The molecule has 0 aliphatic rings. The van der Waals surface area contributed by atoms with Gasteiger partial charge in [-0.25, -0.2) is 22.9 Å². The van der Waals surface area contributed by atoms with Crippen molar-refractivity contribution >= 4 is 83.0 Å². The Kier molecular flexibility index (Phi) is 16.3. The monoisotopic (exact) mass is 822 g/mol. The predicted octanol–water partition coefficient (Wildman–Crippen LogP) is 6.53. The molecule has 0 spiro atoms. The summed E-state index contributed by atoms with van der Waals surface area (Å²) in [4.78, 5) is 16.5. The van der Waals surface area contributed by atoms with E-state index in [1.807, 2.05) is 19.1 Å². The molecule has 0 heterocycles. The average molecular weight is 823 g/mol. The molecule has 0 bridgehead atoms. The lowest BCUT2D eigenvalue weighted by molar-refractivity contribution is 0.0696. The van der Waals surface area contributed by atoms with Crippen molar-refractivity contribution in [2.45, 2.75) is 19.2 Å². The van der Waals surface area contributed by atoms with Gasteiger partial charge in [0.25, 0.3) is 0 Å². The molecule has 4 aromatic carbocycles. The number of hydrogen-bond donors (Lipinski definition) is 6. The van der Waals surface area contributed by atoms with Gasteiger partial charge >= 0.3 is 27.0 Å². The third kappa shape index (κ3) is 14.1. The van der Waals surface area contributed by atoms with E-state index in [-0.39, 0.29) is 35.1 Å². The maximum Gasteiger partial charge on any atom is 0.425 e. The van der Waals surface area contributed by atoms with Crippen molar-refractivity contribution < 1.29 is 63.1 Å². The smallest absolute Gasteiger partial charge is 0.425 e. The average Bonchev–Trinajstić information content (AvgIpc) is 3.09. The van der Waals surface area contributed by atoms with Crippen molar-refractivity contribution in [2.75, 3.05) is 17.8 Å². The molecule has 4 rings (SSSR count). The molecule has 55 heavy (non-hydrogen) atoms. The van der Waals surface area contributed by atoms with Gasteiger partial charge in [0.2, 0.25) is 6.40 Å². The highest BCUT2D eigenvalue weighted by Gasteiger charge is 2.22. The number of aromatic hydroxyl groups is 2. The largest absolute Gasteiger partial charge is 0.505 e. The van der Waals surface area contributed by atoms with Gasteiger partial charge in [-0.3, -0.25) is 9.96 Å². The van der Waals surface area contributed by atoms with E-state index in [1.54, 1.807) is 12.1 Å². The summed E-state index contributed by atoms with van der Waals surface area (Å²) in [6, 6.07) is 17.0. The summed E-state index contributed by atoms with van der Waals surface area (Å²) >= 11 is 0. The summed E-state index contributed by atoms with van der Waals surface area (Å²) < 4.78 is 84.0. The van der Waals surface area contributed by atoms with Crippen LogP contribution in [0.25, 0.3) is 0 Å². The summed E-state index contributed by atoms with van der Waals surface area (Å²) in [6.45, 7) is 1.10. The van der Waals surface area contributed by atoms with Crippen LogP contribution in [0, 0.1) is 12.3 Å². The Balaban J connectivity index is 0.00000199. The second-order valence-electron chi connectivity index (χ2n) is 10.0. The number of nitrogens with one attached hydrogen (secondary N) is 2. The van der Waals surface area contributed by atoms with E-state index < -0.39 is 77.6 Å². The Bertz CT molecular complexity index is 2440. The topological polar surface area (TPSA) is 346 Å². The van der Waals surface area contributed by atoms with Gasteiger partial charge in [-0.05, 0) is 67.6 Å². The maximum absolute atomic E-state index is 12.4. The highest BCUT2D eigenvalue weighted by molar-refractivity contribution is 7.91. The second-order valence-corrected chi connectivity index (χ2v) is 13.6. The number of phenolic OH excluding ortho intramolecular Hbond substituents is 2. The van der Waals surface area contributed by atoms with Crippen LogP contribution in [0.3, 0.4) is 0 Å². The number of hydrogen-bond acceptors (Lipinski definition) is 20. The molecule has 0 atom stereocenters. The molecule has 22 nitrogen and oxygen atoms in total. The summed E-state index contributed by atoms with van der Waals surface area (Å²) in [6.07, 6.45) is 0.627. The van der Waals surface area contributed by atoms with Gasteiger partial charge < -0.3 is 20.2 Å². The molecule has 0 fully saturated rings. The van der Waals surface area contributed by atoms with Crippen LogP contribution in [-0.2, 0) is 39.9 Å². The zero-order valence-electron chi connectivity index (χ0n) is 27.2. The summed E-state index contributed by atoms with van der Waals surface area (Å²) in [7, 11) is -11.9. The van der Waals surface area contributed by atoms with Crippen LogP contribution in [0.4, 0.5) is 39.8 Å². The number of aromatic carboxylic acids is 1. The number of carboxylic acid groups (broad SMARTS) is 1. The van der Waals surface area contributed by atoms with Crippen LogP contribution in [0.5, 0.6) is 11.5 Å². The van der Waals surface area contributed by atoms with Gasteiger partial charge in [-0.2, -0.15) is 23.8 Å². The Labute approximate surface area is 314 Å². The van der Waals surface area contributed by atoms with Crippen LogP contribution in [0.2, 0.25) is 0 Å². The SMILES string of the molecule is C.Cc1ccc(N=Nc2ccc(N=Nc3c(C(=O)O)cc(O)c(N=Nc4ccc(S(=O)(=O)CCOS(=O)(=O)O)cc4)c3O)cc2NOC=N)cc1.O=S(=O)=O. The second kappa shape index (κ2) is 20.1. The maximum atomic E-state index is 12.4. The number of anilines is 1. The fourth-order valence-electron chi connectivity index (χ4n) is 3.87. The number of phenols is 2. The van der Waals surface area contributed by atoms with Crippen molar-refractivity contribution in [1.29, 1.82) is 5.41 Å². The standard InChI is InChI=1S/C29H26N8O11S2.CH4.O3S/c1-17-2-4-18(5-3-17)31-34-23-11-8-20(14-24(23)37-47-16-30)33-35-26-22(29(40)41)15-25(38)27(28(26)39)36-32-19-6-9-21(10-7-19)49(42,43)13-12-48-50(44,45)46;;1-4(2)3/h2-11,14-16,30,37-39H,12-13H2,1H3,(H,40,41)(H,44,45,46);1H4;. The molecule has 0 radical (unpaired) electrons. The van der Waals surface area contributed by atoms with Gasteiger partial charge in [0.15, 0.2) is 21.3 Å². The highest BCUT2D eigenvalue weighted by atomic mass is 32.3. The van der Waals surface area contributed by atoms with E-state index in [2.05, 4.69) is 40.3 Å². The molecule has 0 aliphatic heterocycles. The normalized spacial score (nSPS) is 11.5. The van der Waals surface area contributed by atoms with Gasteiger partial charge in [0.1, 0.15) is 22.8 Å². The molecule has 0 unspecified atom stereocenters. The summed E-state index contributed by atoms with van der Waals surface area (Å²) in [5.41, 5.74) is 2.92. The first-order chi connectivity index (χ1) is 25.4. The number of rotatable bonds is 15. The summed E-state index contributed by atoms with van der Waals surface area (Å²) in [5.74, 6) is -4.01. The van der Waals surface area contributed by atoms with Gasteiger partial charge in [-0.1, -0.05) is 25.1 Å². The lowest BCUT2D eigenvalue weighted by atomic mass is 10.1. The minimum atomic E-state index is -4.82. The number of sulfone groups is 1. The van der Waals surface area contributed by atoms with Crippen LogP contribution in [-0.4, -0.2) is 74.1 Å². The third-order valence-corrected chi connectivity index (χ3v) is 8.44. The predicted molar refractivity (Wildman–Crippen MR) is 193 cm³/mol. The molecule has 0 aromatic heterocycles. The zero-order valence-corrected chi connectivity index (χ0v) is 29.6. The van der Waals surface area contributed by atoms with Crippen LogP contribution >= 0.6 is 0 Å². The zero-order chi connectivity index (χ0) is 40.1. The fourth-order valence-corrected chi connectivity index (χ4v) is 5.36. The molecular weight excluding hydrogens is 793 g/mol.